The average Bonchev–Trinajstić information content (AvgIpc) is 2.48. The van der Waals surface area contributed by atoms with Crippen LogP contribution < -0.4 is 5.32 Å². The topological polar surface area (TPSA) is 66.5 Å². The molecule has 0 radical (unpaired) electrons. The number of nitrogens with zero attached hydrogens (tertiary/aromatic N) is 1. The van der Waals surface area contributed by atoms with E-state index in [0.717, 1.165) is 25.3 Å². The predicted octanol–water partition coefficient (Wildman–Crippen LogP) is 1.99. The van der Waals surface area contributed by atoms with Gasteiger partial charge in [0.1, 0.15) is 4.90 Å². The highest BCUT2D eigenvalue weighted by Crippen LogP contribution is 2.26. The van der Waals surface area contributed by atoms with Gasteiger partial charge in [0.25, 0.3) is 0 Å². The molecule has 1 fully saturated rings. The first-order valence-corrected chi connectivity index (χ1v) is 8.02. The summed E-state index contributed by atoms with van der Waals surface area (Å²) in [4.78, 5) is 11.5. The number of sulfonamides is 1. The molecule has 0 unspecified atom stereocenters. The van der Waals surface area contributed by atoms with Crippen molar-refractivity contribution in [2.75, 3.05) is 18.4 Å². The van der Waals surface area contributed by atoms with Crippen molar-refractivity contribution >= 4 is 21.6 Å². The summed E-state index contributed by atoms with van der Waals surface area (Å²) in [6, 6.07) is 6.44. The van der Waals surface area contributed by atoms with Crippen molar-refractivity contribution in [1.82, 2.24) is 4.31 Å². The van der Waals surface area contributed by atoms with Gasteiger partial charge in [-0.05, 0) is 31.1 Å². The van der Waals surface area contributed by atoms with Crippen molar-refractivity contribution in [3.05, 3.63) is 36.9 Å². The van der Waals surface area contributed by atoms with Crippen LogP contribution in [-0.4, -0.2) is 31.7 Å². The van der Waals surface area contributed by atoms with E-state index in [0.29, 0.717) is 18.8 Å². The summed E-state index contributed by atoms with van der Waals surface area (Å²) in [5, 5.41) is 2.54. The molecule has 1 heterocycles. The minimum atomic E-state index is -3.56. The number of para-hydroxylation sites is 1. The maximum Gasteiger partial charge on any atom is 0.247 e. The second-order valence-electron chi connectivity index (χ2n) is 4.65. The van der Waals surface area contributed by atoms with Crippen molar-refractivity contribution in [2.45, 2.75) is 24.2 Å². The second-order valence-corrected chi connectivity index (χ2v) is 6.56. The van der Waals surface area contributed by atoms with Crippen LogP contribution in [0.25, 0.3) is 0 Å². The van der Waals surface area contributed by atoms with Gasteiger partial charge in [-0.25, -0.2) is 8.42 Å². The van der Waals surface area contributed by atoms with Gasteiger partial charge in [0.2, 0.25) is 15.9 Å². The number of carbonyl (C=O) groups is 1. The first-order valence-electron chi connectivity index (χ1n) is 6.58. The molecular formula is C14H18N2O3S. The number of carbonyl (C=O) groups excluding carboxylic acids is 1. The smallest absolute Gasteiger partial charge is 0.247 e. The normalized spacial score (nSPS) is 16.6. The van der Waals surface area contributed by atoms with Crippen LogP contribution in [0.5, 0.6) is 0 Å². The number of rotatable bonds is 4. The Kier molecular flexibility index (Phi) is 4.57. The van der Waals surface area contributed by atoms with E-state index in [1.165, 1.54) is 10.4 Å². The Hall–Kier alpha value is -1.66. The third-order valence-corrected chi connectivity index (χ3v) is 5.22. The average molecular weight is 294 g/mol. The van der Waals surface area contributed by atoms with Gasteiger partial charge in [-0.15, -0.1) is 0 Å². The number of nitrogens with one attached hydrogen (secondary N) is 1. The van der Waals surface area contributed by atoms with Gasteiger partial charge in [0.05, 0.1) is 5.69 Å². The highest BCUT2D eigenvalue weighted by molar-refractivity contribution is 7.89. The standard InChI is InChI=1S/C14H18N2O3S/c1-2-14(17)15-12-8-4-5-9-13(12)20(18,19)16-10-6-3-7-11-16/h2,4-5,8-9H,1,3,6-7,10-11H2,(H,15,17). The van der Waals surface area contributed by atoms with Crippen molar-refractivity contribution in [1.29, 1.82) is 0 Å². The van der Waals surface area contributed by atoms with E-state index in [4.69, 9.17) is 0 Å². The minimum absolute atomic E-state index is 0.136. The highest BCUT2D eigenvalue weighted by atomic mass is 32.2. The summed E-state index contributed by atoms with van der Waals surface area (Å²) in [5.74, 6) is -0.425. The van der Waals surface area contributed by atoms with E-state index >= 15 is 0 Å². The summed E-state index contributed by atoms with van der Waals surface area (Å²) in [6.45, 7) is 4.43. The lowest BCUT2D eigenvalue weighted by Crippen LogP contribution is -2.36. The molecule has 1 amide bonds. The van der Waals surface area contributed by atoms with Crippen LogP contribution in [0.4, 0.5) is 5.69 Å². The zero-order valence-corrected chi connectivity index (χ0v) is 12.0. The number of piperidine rings is 1. The Morgan fingerprint density at radius 2 is 1.85 bits per heavy atom. The summed E-state index contributed by atoms with van der Waals surface area (Å²) >= 11 is 0. The SMILES string of the molecule is C=CC(=O)Nc1ccccc1S(=O)(=O)N1CCCCC1. The van der Waals surface area contributed by atoms with Gasteiger partial charge in [0.15, 0.2) is 0 Å². The number of anilines is 1. The minimum Gasteiger partial charge on any atom is -0.321 e. The van der Waals surface area contributed by atoms with E-state index in [2.05, 4.69) is 11.9 Å². The molecule has 1 saturated heterocycles. The highest BCUT2D eigenvalue weighted by Gasteiger charge is 2.28. The molecule has 1 aliphatic rings. The first-order chi connectivity index (χ1) is 9.55. The fraction of sp³-hybridized carbons (Fsp3) is 0.357. The molecule has 0 spiro atoms. The van der Waals surface area contributed by atoms with Gasteiger partial charge < -0.3 is 5.32 Å². The second kappa shape index (κ2) is 6.19. The summed E-state index contributed by atoms with van der Waals surface area (Å²) in [5.41, 5.74) is 0.294. The maximum absolute atomic E-state index is 12.6. The van der Waals surface area contributed by atoms with E-state index in [9.17, 15) is 13.2 Å². The van der Waals surface area contributed by atoms with E-state index in [1.807, 2.05) is 0 Å². The van der Waals surface area contributed by atoms with Crippen molar-refractivity contribution in [3.63, 3.8) is 0 Å². The zero-order valence-electron chi connectivity index (χ0n) is 11.2. The van der Waals surface area contributed by atoms with E-state index in [-0.39, 0.29) is 4.90 Å². The molecule has 6 heteroatoms. The fourth-order valence-corrected chi connectivity index (χ4v) is 3.89. The molecule has 0 aliphatic carbocycles. The third kappa shape index (κ3) is 3.08. The van der Waals surface area contributed by atoms with Gasteiger partial charge in [-0.3, -0.25) is 4.79 Å². The lowest BCUT2D eigenvalue weighted by Gasteiger charge is -2.26. The Morgan fingerprint density at radius 1 is 1.20 bits per heavy atom. The van der Waals surface area contributed by atoms with Crippen LogP contribution in [0.3, 0.4) is 0 Å². The Morgan fingerprint density at radius 3 is 2.50 bits per heavy atom. The molecule has 0 atom stereocenters. The number of hydrogen-bond donors (Lipinski definition) is 1. The molecule has 20 heavy (non-hydrogen) atoms. The molecule has 0 saturated carbocycles. The molecule has 1 aromatic rings. The molecule has 0 bridgehead atoms. The van der Waals surface area contributed by atoms with Gasteiger partial charge in [-0.1, -0.05) is 25.1 Å². The van der Waals surface area contributed by atoms with E-state index < -0.39 is 15.9 Å². The molecule has 108 valence electrons. The molecule has 0 aromatic heterocycles. The van der Waals surface area contributed by atoms with Gasteiger partial charge >= 0.3 is 0 Å². The fourth-order valence-electron chi connectivity index (χ4n) is 2.22. The molecule has 5 nitrogen and oxygen atoms in total. The van der Waals surface area contributed by atoms with Crippen LogP contribution in [0.1, 0.15) is 19.3 Å². The van der Waals surface area contributed by atoms with Crippen molar-refractivity contribution in [3.8, 4) is 0 Å². The number of amides is 1. The molecule has 1 N–H and O–H groups in total. The molecule has 1 aromatic carbocycles. The third-order valence-electron chi connectivity index (χ3n) is 3.26. The predicted molar refractivity (Wildman–Crippen MR) is 77.9 cm³/mol. The first kappa shape index (κ1) is 14.7. The van der Waals surface area contributed by atoms with Crippen LogP contribution in [0.2, 0.25) is 0 Å². The summed E-state index contributed by atoms with van der Waals surface area (Å²) in [6.07, 6.45) is 3.92. The lowest BCUT2D eigenvalue weighted by atomic mass is 10.2. The summed E-state index contributed by atoms with van der Waals surface area (Å²) < 4.78 is 26.7. The maximum atomic E-state index is 12.6. The number of benzene rings is 1. The lowest BCUT2D eigenvalue weighted by molar-refractivity contribution is -0.111. The van der Waals surface area contributed by atoms with Gasteiger partial charge in [0, 0.05) is 13.1 Å². The zero-order chi connectivity index (χ0) is 14.6. The van der Waals surface area contributed by atoms with Crippen molar-refractivity contribution < 1.29 is 13.2 Å². The van der Waals surface area contributed by atoms with Crippen LogP contribution in [-0.2, 0) is 14.8 Å². The largest absolute Gasteiger partial charge is 0.321 e. The molecule has 1 aliphatic heterocycles. The Labute approximate surface area is 119 Å². The van der Waals surface area contributed by atoms with Crippen LogP contribution in [0.15, 0.2) is 41.8 Å². The van der Waals surface area contributed by atoms with Crippen molar-refractivity contribution in [2.24, 2.45) is 0 Å². The molecular weight excluding hydrogens is 276 g/mol. The monoisotopic (exact) mass is 294 g/mol. The molecule has 2 rings (SSSR count). The van der Waals surface area contributed by atoms with Crippen LogP contribution in [0, 0.1) is 0 Å². The Balaban J connectivity index is 2.35. The number of hydrogen-bond acceptors (Lipinski definition) is 3. The Bertz CT molecular complexity index is 605. The van der Waals surface area contributed by atoms with Gasteiger partial charge in [-0.2, -0.15) is 4.31 Å². The summed E-state index contributed by atoms with van der Waals surface area (Å²) in [7, 11) is -3.56. The van der Waals surface area contributed by atoms with Crippen LogP contribution >= 0.6 is 0 Å². The van der Waals surface area contributed by atoms with E-state index in [1.54, 1.807) is 18.2 Å². The quantitative estimate of drug-likeness (QED) is 0.864.